The highest BCUT2D eigenvalue weighted by atomic mass is 16.3. The summed E-state index contributed by atoms with van der Waals surface area (Å²) in [7, 11) is 0. The molecule has 0 fully saturated rings. The normalized spacial score (nSPS) is 10.8. The Hall–Kier alpha value is -3.86. The van der Waals surface area contributed by atoms with Crippen LogP contribution in [0.4, 0.5) is 5.69 Å². The number of carbonyl (C=O) groups is 1. The Kier molecular flexibility index (Phi) is 5.58. The van der Waals surface area contributed by atoms with Crippen molar-refractivity contribution in [2.75, 3.05) is 5.32 Å². The number of aryl methyl sites for hydroxylation is 2. The number of nitrogens with one attached hydrogen (secondary N) is 1. The van der Waals surface area contributed by atoms with E-state index in [1.807, 2.05) is 73.9 Å². The maximum Gasteiger partial charge on any atom is 0.261 e. The van der Waals surface area contributed by atoms with Gasteiger partial charge in [0.25, 0.3) is 5.91 Å². The van der Waals surface area contributed by atoms with E-state index in [2.05, 4.69) is 5.32 Å². The van der Waals surface area contributed by atoms with Gasteiger partial charge in [-0.3, -0.25) is 9.59 Å². The summed E-state index contributed by atoms with van der Waals surface area (Å²) in [5, 5.41) is 2.93. The number of hydrogen-bond acceptors (Lipinski definition) is 3. The molecule has 0 unspecified atom stereocenters. The molecule has 0 aliphatic heterocycles. The van der Waals surface area contributed by atoms with Crippen LogP contribution >= 0.6 is 0 Å². The summed E-state index contributed by atoms with van der Waals surface area (Å²) < 4.78 is 7.60. The van der Waals surface area contributed by atoms with Crippen LogP contribution in [0.25, 0.3) is 11.5 Å². The van der Waals surface area contributed by atoms with Gasteiger partial charge in [-0.15, -0.1) is 0 Å². The largest absolute Gasteiger partial charge is 0.463 e. The molecule has 0 bridgehead atoms. The van der Waals surface area contributed by atoms with E-state index in [-0.39, 0.29) is 11.0 Å². The quantitative estimate of drug-likeness (QED) is 0.482. The Morgan fingerprint density at radius 2 is 1.74 bits per heavy atom. The van der Waals surface area contributed by atoms with E-state index in [1.165, 1.54) is 6.07 Å². The van der Waals surface area contributed by atoms with Crippen LogP contribution in [0.1, 0.15) is 32.7 Å². The van der Waals surface area contributed by atoms with Crippen LogP contribution in [0.3, 0.4) is 0 Å². The number of anilines is 1. The van der Waals surface area contributed by atoms with Crippen LogP contribution in [-0.4, -0.2) is 10.5 Å². The van der Waals surface area contributed by atoms with Gasteiger partial charge in [0.05, 0.1) is 6.26 Å². The van der Waals surface area contributed by atoms with Crippen molar-refractivity contribution in [3.63, 3.8) is 0 Å². The Bertz CT molecular complexity index is 1290. The zero-order valence-corrected chi connectivity index (χ0v) is 17.8. The minimum absolute atomic E-state index is 0.0670. The fraction of sp³-hybridized carbons (Fsp3) is 0.154. The van der Waals surface area contributed by atoms with Crippen LogP contribution in [0.15, 0.2) is 82.2 Å². The van der Waals surface area contributed by atoms with Gasteiger partial charge in [-0.2, -0.15) is 0 Å². The van der Waals surface area contributed by atoms with Crippen molar-refractivity contribution in [3.05, 3.63) is 111 Å². The van der Waals surface area contributed by atoms with Gasteiger partial charge in [0.1, 0.15) is 11.3 Å². The number of hydrogen-bond donors (Lipinski definition) is 1. The van der Waals surface area contributed by atoms with Crippen LogP contribution < -0.4 is 10.7 Å². The van der Waals surface area contributed by atoms with Gasteiger partial charge in [-0.05, 0) is 55.7 Å². The van der Waals surface area contributed by atoms with Gasteiger partial charge < -0.3 is 14.3 Å². The molecule has 0 aliphatic rings. The molecule has 1 N–H and O–H groups in total. The van der Waals surface area contributed by atoms with Crippen molar-refractivity contribution in [1.82, 2.24) is 4.57 Å². The summed E-state index contributed by atoms with van der Waals surface area (Å²) >= 11 is 0. The zero-order valence-electron chi connectivity index (χ0n) is 17.8. The van der Waals surface area contributed by atoms with Crippen molar-refractivity contribution in [3.8, 4) is 11.5 Å². The first-order valence-electron chi connectivity index (χ1n) is 10.2. The lowest BCUT2D eigenvalue weighted by Gasteiger charge is -2.19. The van der Waals surface area contributed by atoms with Crippen LogP contribution in [-0.2, 0) is 6.54 Å². The Morgan fingerprint density at radius 1 is 0.968 bits per heavy atom. The highest BCUT2D eigenvalue weighted by Gasteiger charge is 2.24. The fourth-order valence-corrected chi connectivity index (χ4v) is 3.70. The van der Waals surface area contributed by atoms with Crippen molar-refractivity contribution >= 4 is 11.6 Å². The molecule has 0 saturated carbocycles. The number of amides is 1. The summed E-state index contributed by atoms with van der Waals surface area (Å²) in [6.45, 7) is 6.30. The molecule has 1 amide bonds. The Balaban J connectivity index is 1.87. The minimum Gasteiger partial charge on any atom is -0.463 e. The SMILES string of the molecule is Cc1cccc(NC(=O)c2c(-c3ccco3)n(Cc3ccccc3)c(C)cc2=O)c1C. The van der Waals surface area contributed by atoms with E-state index in [1.54, 1.807) is 18.4 Å². The number of pyridine rings is 1. The van der Waals surface area contributed by atoms with Crippen molar-refractivity contribution in [1.29, 1.82) is 0 Å². The van der Waals surface area contributed by atoms with E-state index in [0.29, 0.717) is 23.7 Å². The third-order valence-electron chi connectivity index (χ3n) is 5.54. The van der Waals surface area contributed by atoms with E-state index < -0.39 is 5.91 Å². The molecule has 5 heteroatoms. The lowest BCUT2D eigenvalue weighted by Crippen LogP contribution is -2.27. The van der Waals surface area contributed by atoms with Crippen LogP contribution in [0.2, 0.25) is 0 Å². The predicted molar refractivity (Wildman–Crippen MR) is 123 cm³/mol. The maximum absolute atomic E-state index is 13.4. The number of furan rings is 1. The van der Waals surface area contributed by atoms with Crippen molar-refractivity contribution in [2.45, 2.75) is 27.3 Å². The zero-order chi connectivity index (χ0) is 22.0. The number of nitrogens with zero attached hydrogens (tertiary/aromatic N) is 1. The standard InChI is InChI=1S/C26H24N2O3/c1-17-9-7-12-21(19(17)3)27-26(30)24-22(29)15-18(2)28(16-20-10-5-4-6-11-20)25(24)23-13-8-14-31-23/h4-15H,16H2,1-3H3,(H,27,30). The number of rotatable bonds is 5. The first-order valence-corrected chi connectivity index (χ1v) is 10.2. The predicted octanol–water partition coefficient (Wildman–Crippen LogP) is 5.33. The first kappa shape index (κ1) is 20.4. The van der Waals surface area contributed by atoms with Crippen LogP contribution in [0.5, 0.6) is 0 Å². The topological polar surface area (TPSA) is 64.2 Å². The number of carbonyl (C=O) groups excluding carboxylic acids is 1. The van der Waals surface area contributed by atoms with Gasteiger partial charge in [-0.1, -0.05) is 42.5 Å². The Labute approximate surface area is 181 Å². The lowest BCUT2D eigenvalue weighted by molar-refractivity contribution is 0.102. The highest BCUT2D eigenvalue weighted by Crippen LogP contribution is 2.27. The summed E-state index contributed by atoms with van der Waals surface area (Å²) in [6, 6.07) is 20.6. The van der Waals surface area contributed by atoms with Crippen LogP contribution in [0, 0.1) is 20.8 Å². The number of benzene rings is 2. The molecular formula is C26H24N2O3. The molecule has 2 aromatic carbocycles. The molecular weight excluding hydrogens is 388 g/mol. The van der Waals surface area contributed by atoms with E-state index >= 15 is 0 Å². The second-order valence-corrected chi connectivity index (χ2v) is 7.62. The molecule has 156 valence electrons. The first-order chi connectivity index (χ1) is 15.0. The van der Waals surface area contributed by atoms with E-state index in [0.717, 1.165) is 22.4 Å². The molecule has 5 nitrogen and oxygen atoms in total. The molecule has 0 radical (unpaired) electrons. The third kappa shape index (κ3) is 4.08. The molecule has 4 aromatic rings. The third-order valence-corrected chi connectivity index (χ3v) is 5.54. The smallest absolute Gasteiger partial charge is 0.261 e. The summed E-state index contributed by atoms with van der Waals surface area (Å²) in [5.41, 5.74) is 4.73. The summed E-state index contributed by atoms with van der Waals surface area (Å²) in [5.74, 6) is 0.0229. The molecule has 2 aromatic heterocycles. The molecule has 0 atom stereocenters. The van der Waals surface area contributed by atoms with Crippen molar-refractivity contribution in [2.24, 2.45) is 0 Å². The van der Waals surface area contributed by atoms with Gasteiger partial charge in [0.15, 0.2) is 11.2 Å². The highest BCUT2D eigenvalue weighted by molar-refractivity contribution is 6.08. The van der Waals surface area contributed by atoms with E-state index in [4.69, 9.17) is 4.42 Å². The monoisotopic (exact) mass is 412 g/mol. The molecule has 31 heavy (non-hydrogen) atoms. The van der Waals surface area contributed by atoms with Crippen molar-refractivity contribution < 1.29 is 9.21 Å². The molecule has 4 rings (SSSR count). The number of aromatic nitrogens is 1. The Morgan fingerprint density at radius 3 is 2.45 bits per heavy atom. The lowest BCUT2D eigenvalue weighted by atomic mass is 10.1. The second-order valence-electron chi connectivity index (χ2n) is 7.62. The summed E-state index contributed by atoms with van der Waals surface area (Å²) in [4.78, 5) is 26.4. The van der Waals surface area contributed by atoms with E-state index in [9.17, 15) is 9.59 Å². The molecule has 0 spiro atoms. The summed E-state index contributed by atoms with van der Waals surface area (Å²) in [6.07, 6.45) is 1.54. The van der Waals surface area contributed by atoms with Gasteiger partial charge in [-0.25, -0.2) is 0 Å². The van der Waals surface area contributed by atoms with Gasteiger partial charge in [0, 0.05) is 24.0 Å². The minimum atomic E-state index is -0.452. The van der Waals surface area contributed by atoms with Gasteiger partial charge >= 0.3 is 0 Å². The van der Waals surface area contributed by atoms with Gasteiger partial charge in [0.2, 0.25) is 0 Å². The average Bonchev–Trinajstić information content (AvgIpc) is 3.28. The maximum atomic E-state index is 13.4. The molecule has 2 heterocycles. The molecule has 0 aliphatic carbocycles. The fourth-order valence-electron chi connectivity index (χ4n) is 3.70. The molecule has 0 saturated heterocycles. The second kappa shape index (κ2) is 8.48. The average molecular weight is 412 g/mol.